The average Bonchev–Trinajstić information content (AvgIpc) is 1.50. The van der Waals surface area contributed by atoms with E-state index in [1.165, 1.54) is 59.0 Å². The summed E-state index contributed by atoms with van der Waals surface area (Å²) >= 11 is 0. The lowest BCUT2D eigenvalue weighted by Gasteiger charge is -2.43. The highest BCUT2D eigenvalue weighted by atomic mass is 16.7. The maximum atomic E-state index is 13.7. The number of likely N-dealkylation sites (N-methyl/N-ethyl adjacent to an activating group) is 4. The van der Waals surface area contributed by atoms with Crippen molar-refractivity contribution in [2.75, 3.05) is 87.3 Å². The van der Waals surface area contributed by atoms with E-state index in [4.69, 9.17) is 61.6 Å². The molecular formula is C65H85N6O22+. The van der Waals surface area contributed by atoms with E-state index in [9.17, 15) is 43.2 Å². The number of carbonyl (C=O) groups is 9. The fraction of sp³-hybridized carbons (Fsp3) is 0.538. The largest absolute Gasteiger partial charge is 0.493 e. The zero-order chi connectivity index (χ0) is 67.7. The number of pyridine rings is 1. The number of anilines is 1. The summed E-state index contributed by atoms with van der Waals surface area (Å²) in [4.78, 5) is 121. The minimum absolute atomic E-state index is 0.0470. The van der Waals surface area contributed by atoms with Crippen molar-refractivity contribution >= 4 is 70.6 Å². The molecule has 506 valence electrons. The van der Waals surface area contributed by atoms with Gasteiger partial charge in [0.25, 0.3) is 0 Å². The fourth-order valence-electron chi connectivity index (χ4n) is 10.3. The van der Waals surface area contributed by atoms with Crippen LogP contribution in [0.5, 0.6) is 28.7 Å². The normalized spacial score (nSPS) is 16.8. The molecule has 1 N–H and O–H groups in total. The number of hydrogen-bond donors (Lipinski definition) is 1. The van der Waals surface area contributed by atoms with Gasteiger partial charge in [-0.25, -0.2) is 24.0 Å². The van der Waals surface area contributed by atoms with E-state index in [0.717, 1.165) is 87.9 Å². The summed E-state index contributed by atoms with van der Waals surface area (Å²) in [6, 6.07) is 14.2. The molecule has 0 unspecified atom stereocenters. The van der Waals surface area contributed by atoms with Gasteiger partial charge < -0.3 is 86.5 Å². The van der Waals surface area contributed by atoms with Crippen molar-refractivity contribution in [2.24, 2.45) is 0 Å². The number of nitrogens with zero attached hydrogens (tertiary/aromatic N) is 5. The number of aryl methyl sites for hydroxylation is 2. The molecule has 0 saturated carbocycles. The molecule has 1 fully saturated rings. The maximum absolute atomic E-state index is 13.7. The van der Waals surface area contributed by atoms with Crippen molar-refractivity contribution in [3.8, 4) is 40.0 Å². The third-order valence-corrected chi connectivity index (χ3v) is 15.2. The van der Waals surface area contributed by atoms with Crippen LogP contribution in [0.15, 0.2) is 54.7 Å². The number of esters is 4. The fourth-order valence-corrected chi connectivity index (χ4v) is 10.3. The van der Waals surface area contributed by atoms with E-state index in [1.807, 2.05) is 24.4 Å². The molecule has 1 saturated heterocycles. The highest BCUT2D eigenvalue weighted by molar-refractivity contribution is 5.94. The molecule has 5 atom stereocenters. The predicted octanol–water partition coefficient (Wildman–Crippen LogP) is 7.85. The van der Waals surface area contributed by atoms with Gasteiger partial charge >= 0.3 is 48.3 Å². The number of methoxy groups -OCH3 is 2. The lowest BCUT2D eigenvalue weighted by atomic mass is 9.95. The summed E-state index contributed by atoms with van der Waals surface area (Å²) in [5.74, 6) is -2.11. The minimum atomic E-state index is -1.76. The highest BCUT2D eigenvalue weighted by Gasteiger charge is 2.56. The molecule has 28 heteroatoms. The van der Waals surface area contributed by atoms with Crippen molar-refractivity contribution in [1.82, 2.24) is 19.6 Å². The van der Waals surface area contributed by atoms with Crippen LogP contribution in [0.1, 0.15) is 104 Å². The van der Waals surface area contributed by atoms with Gasteiger partial charge in [0.1, 0.15) is 18.0 Å². The van der Waals surface area contributed by atoms with Gasteiger partial charge in [0.15, 0.2) is 54.1 Å². The van der Waals surface area contributed by atoms with Crippen LogP contribution in [-0.4, -0.2) is 192 Å². The van der Waals surface area contributed by atoms with E-state index in [0.29, 0.717) is 48.3 Å². The van der Waals surface area contributed by atoms with Crippen molar-refractivity contribution < 1.29 is 109 Å². The Labute approximate surface area is 539 Å². The second-order valence-corrected chi connectivity index (χ2v) is 23.7. The number of amides is 5. The number of unbranched alkanes of at least 4 members (excludes halogenated alkanes) is 6. The first-order chi connectivity index (χ1) is 44.2. The molecule has 4 aromatic rings. The van der Waals surface area contributed by atoms with Crippen molar-refractivity contribution in [3.05, 3.63) is 65.9 Å². The number of hydrogen-bond acceptors (Lipinski definition) is 22. The van der Waals surface area contributed by atoms with Gasteiger partial charge in [-0.05, 0) is 86.5 Å². The monoisotopic (exact) mass is 1300 g/mol. The summed E-state index contributed by atoms with van der Waals surface area (Å²) in [7, 11) is 8.78. The minimum Gasteiger partial charge on any atom is -0.493 e. The zero-order valence-corrected chi connectivity index (χ0v) is 54.8. The van der Waals surface area contributed by atoms with Crippen LogP contribution in [-0.2, 0) is 81.4 Å². The zero-order valence-electron chi connectivity index (χ0n) is 54.8. The van der Waals surface area contributed by atoms with Crippen LogP contribution < -0.4 is 33.6 Å². The molecule has 0 spiro atoms. The van der Waals surface area contributed by atoms with Gasteiger partial charge in [-0.1, -0.05) is 38.2 Å². The first kappa shape index (κ1) is 71.1. The quantitative estimate of drug-likeness (QED) is 0.0257. The van der Waals surface area contributed by atoms with Crippen LogP contribution >= 0.6 is 0 Å². The van der Waals surface area contributed by atoms with Crippen LogP contribution in [0, 0.1) is 0 Å². The summed E-state index contributed by atoms with van der Waals surface area (Å²) in [6.45, 7) is 9.77. The predicted molar refractivity (Wildman–Crippen MR) is 330 cm³/mol. The lowest BCUT2D eigenvalue weighted by molar-refractivity contribution is -0.686. The van der Waals surface area contributed by atoms with Gasteiger partial charge in [0, 0.05) is 94.0 Å². The Morgan fingerprint density at radius 3 is 1.86 bits per heavy atom. The number of rotatable bonds is 27. The van der Waals surface area contributed by atoms with E-state index in [2.05, 4.69) is 16.0 Å². The number of nitrogens with one attached hydrogen (secondary N) is 1. The number of ether oxygens (including phenoxy) is 13. The molecule has 0 bridgehead atoms. The molecule has 7 rings (SSSR count). The van der Waals surface area contributed by atoms with Crippen molar-refractivity contribution in [1.29, 1.82) is 0 Å². The van der Waals surface area contributed by atoms with Gasteiger partial charge in [0.2, 0.25) is 30.8 Å². The van der Waals surface area contributed by atoms with Gasteiger partial charge in [-0.2, -0.15) is 4.57 Å². The second kappa shape index (κ2) is 32.8. The van der Waals surface area contributed by atoms with E-state index in [1.54, 1.807) is 40.9 Å². The number of benzene rings is 3. The summed E-state index contributed by atoms with van der Waals surface area (Å²) in [6.07, 6.45) is -2.98. The Hall–Kier alpha value is -9.34. The molecule has 1 aromatic heterocycles. The molecule has 4 heterocycles. The van der Waals surface area contributed by atoms with Crippen LogP contribution in [0.3, 0.4) is 0 Å². The Bertz CT molecular complexity index is 3370. The SMILES string of the molecule is COC(=O)[C@H]1O[C@@H](Oc2ccc(COC(=O)N(C)CCN(C)C(=O)OC(C)(C)C)cc2NC(=O)CCCCCCCCCOC(=O)N(C)CCN(C)C(=O)Oc2c(OC)ccc3cc4[n+](cc23)CCc2cc3c(cc2-4)OCO3)[C@H](OC(C)=O)[C@@H](OC(C)=O)[C@@H]1OC(C)=O. The Morgan fingerprint density at radius 2 is 1.23 bits per heavy atom. The summed E-state index contributed by atoms with van der Waals surface area (Å²) < 4.78 is 75.0. The van der Waals surface area contributed by atoms with Crippen LogP contribution in [0.2, 0.25) is 0 Å². The number of fused-ring (bicyclic) bond motifs is 5. The molecule has 28 nitrogen and oxygen atoms in total. The van der Waals surface area contributed by atoms with Crippen LogP contribution in [0.25, 0.3) is 22.0 Å². The first-order valence-electron chi connectivity index (χ1n) is 30.7. The highest BCUT2D eigenvalue weighted by Crippen LogP contribution is 2.42. The van der Waals surface area contributed by atoms with Crippen LogP contribution in [0.4, 0.5) is 24.9 Å². The number of carbonyl (C=O) groups excluding carboxylic acids is 9. The van der Waals surface area contributed by atoms with Crippen molar-refractivity contribution in [2.45, 2.75) is 149 Å². The van der Waals surface area contributed by atoms with E-state index >= 15 is 0 Å². The third-order valence-electron chi connectivity index (χ3n) is 15.2. The Balaban J connectivity index is 0.872. The standard InChI is InChI=1S/C65H84N6O22/c1-39(72)87-55-56(88-40(2)73)58(89-41(3)74)60(91-57(55)59(76)82-12)90-49-23-21-42(37-84-62(78)68(8)28-30-70(10)64(80)93-65(4,5)6)32-47(49)66-53(75)20-18-16-14-13-15-17-19-31-83-61(77)67(7)27-29-69(9)63(79)92-54-46-36-71-26-25-44-34-51-52(86-38-85-51)35-45(44)48(71)33-43(46)22-24-50(54)81-11/h21-24,32-36,55-58,60H,13-20,25-31,37-38H2,1-12H3/p+1/t55-,56-,57-,58+,60+/m0/s1. The molecule has 0 aliphatic carbocycles. The first-order valence-corrected chi connectivity index (χ1v) is 30.7. The molecule has 93 heavy (non-hydrogen) atoms. The average molecular weight is 1300 g/mol. The second-order valence-electron chi connectivity index (χ2n) is 23.7. The molecule has 3 aliphatic rings. The third kappa shape index (κ3) is 19.8. The summed E-state index contributed by atoms with van der Waals surface area (Å²) in [5, 5.41) is 4.38. The number of aromatic nitrogens is 1. The molecule has 5 amide bonds. The molecule has 0 radical (unpaired) electrons. The molecule has 3 aromatic carbocycles. The maximum Gasteiger partial charge on any atom is 0.415 e. The Kier molecular flexibility index (Phi) is 25.1. The van der Waals surface area contributed by atoms with Gasteiger partial charge in [-0.15, -0.1) is 0 Å². The smallest absolute Gasteiger partial charge is 0.415 e. The lowest BCUT2D eigenvalue weighted by Crippen LogP contribution is -2.64. The van der Waals surface area contributed by atoms with Gasteiger partial charge in [0.05, 0.1) is 37.5 Å². The molecular weight excluding hydrogens is 1220 g/mol. The van der Waals surface area contributed by atoms with Gasteiger partial charge in [-0.3, -0.25) is 19.2 Å². The Morgan fingerprint density at radius 1 is 0.645 bits per heavy atom. The van der Waals surface area contributed by atoms with E-state index in [-0.39, 0.29) is 69.8 Å². The van der Waals surface area contributed by atoms with E-state index < -0.39 is 90.5 Å². The van der Waals surface area contributed by atoms with Crippen molar-refractivity contribution in [3.63, 3.8) is 0 Å². The molecule has 3 aliphatic heterocycles. The summed E-state index contributed by atoms with van der Waals surface area (Å²) in [5.41, 5.74) is 2.92. The topological polar surface area (TPSA) is 302 Å².